The van der Waals surface area contributed by atoms with Gasteiger partial charge in [0.2, 0.25) is 0 Å². The third-order valence-electron chi connectivity index (χ3n) is 5.45. The monoisotopic (exact) mass is 562 g/mol. The average Bonchev–Trinajstić information content (AvgIpc) is 3.36. The van der Waals surface area contributed by atoms with Crippen LogP contribution in [0.5, 0.6) is 0 Å². The number of aromatic nitrogens is 2. The second-order valence-corrected chi connectivity index (χ2v) is 12.0. The summed E-state index contributed by atoms with van der Waals surface area (Å²) in [6.07, 6.45) is -2.94. The number of hydrogen-bond donors (Lipinski definition) is 3. The summed E-state index contributed by atoms with van der Waals surface area (Å²) < 4.78 is 57.2. The van der Waals surface area contributed by atoms with Gasteiger partial charge in [0, 0.05) is 18.7 Å². The first-order valence-corrected chi connectivity index (χ1v) is 14.4. The number of nitrogens with zero attached hydrogens (tertiary/aromatic N) is 1. The Morgan fingerprint density at radius 3 is 2.35 bits per heavy atom. The van der Waals surface area contributed by atoms with E-state index in [2.05, 4.69) is 13.8 Å². The van der Waals surface area contributed by atoms with Gasteiger partial charge in [-0.1, -0.05) is 44.2 Å². The maximum atomic E-state index is 12.4. The minimum absolute atomic E-state index is 0.136. The van der Waals surface area contributed by atoms with Crippen molar-refractivity contribution in [2.75, 3.05) is 13.2 Å². The van der Waals surface area contributed by atoms with Crippen LogP contribution in [0.2, 0.25) is 0 Å². The zero-order valence-corrected chi connectivity index (χ0v) is 21.7. The lowest BCUT2D eigenvalue weighted by Crippen LogP contribution is -2.36. The third-order valence-corrected chi connectivity index (χ3v) is 8.05. The standard InChI is InChI=1S/C21H28N2O12P2/c1-13(2)11-30-36(26,27)35-37(28,29)31-12-15-18-19(20(32-15)23-9-8-16(24)22-21(23)25)34-17(33-18)10-14-6-4-3-5-7-14/h3-9,13,15,17-20H,10-12H2,1-2H3,(H,26,27)(H,28,29)(H,22,24,25)/t15-,17?,18?,19+,20-/m1/s1. The molecule has 2 aromatic rings. The smallest absolute Gasteiger partial charge is 0.346 e. The van der Waals surface area contributed by atoms with Gasteiger partial charge in [-0.2, -0.15) is 4.31 Å². The molecule has 2 saturated heterocycles. The molecule has 2 aliphatic heterocycles. The number of benzene rings is 1. The Balaban J connectivity index is 1.48. The van der Waals surface area contributed by atoms with Crippen molar-refractivity contribution in [2.24, 2.45) is 5.92 Å². The molecular formula is C21H28N2O12P2. The number of phosphoric ester groups is 2. The van der Waals surface area contributed by atoms with Gasteiger partial charge in [-0.15, -0.1) is 0 Å². The van der Waals surface area contributed by atoms with Crippen LogP contribution in [-0.4, -0.2) is 57.2 Å². The van der Waals surface area contributed by atoms with E-state index >= 15 is 0 Å². The van der Waals surface area contributed by atoms with Crippen molar-refractivity contribution in [1.82, 2.24) is 9.55 Å². The molecule has 0 saturated carbocycles. The van der Waals surface area contributed by atoms with Crippen LogP contribution in [0.4, 0.5) is 0 Å². The topological polar surface area (TPSA) is 185 Å². The lowest BCUT2D eigenvalue weighted by atomic mass is 10.1. The first kappa shape index (κ1) is 28.1. The Hall–Kier alpha value is -1.96. The molecule has 14 nitrogen and oxygen atoms in total. The summed E-state index contributed by atoms with van der Waals surface area (Å²) >= 11 is 0. The molecule has 1 aromatic carbocycles. The third kappa shape index (κ3) is 7.33. The van der Waals surface area contributed by atoms with Crippen LogP contribution in [0.25, 0.3) is 0 Å². The zero-order valence-electron chi connectivity index (χ0n) is 19.9. The average molecular weight is 562 g/mol. The van der Waals surface area contributed by atoms with Crippen LogP contribution >= 0.6 is 15.6 Å². The van der Waals surface area contributed by atoms with Crippen molar-refractivity contribution in [2.45, 2.75) is 51.1 Å². The first-order chi connectivity index (χ1) is 17.4. The molecule has 0 amide bonds. The van der Waals surface area contributed by atoms with Crippen LogP contribution < -0.4 is 11.2 Å². The van der Waals surface area contributed by atoms with Gasteiger partial charge in [-0.05, 0) is 11.5 Å². The van der Waals surface area contributed by atoms with Gasteiger partial charge in [0.05, 0.1) is 13.2 Å². The predicted octanol–water partition coefficient (Wildman–Crippen LogP) is 1.69. The number of phosphoric acid groups is 2. The number of H-pyrrole nitrogens is 1. The number of ether oxygens (including phenoxy) is 3. The minimum Gasteiger partial charge on any atom is -0.346 e. The summed E-state index contributed by atoms with van der Waals surface area (Å²) in [5, 5.41) is 0. The van der Waals surface area contributed by atoms with Gasteiger partial charge in [0.1, 0.15) is 18.3 Å². The van der Waals surface area contributed by atoms with Crippen molar-refractivity contribution in [3.63, 3.8) is 0 Å². The molecule has 4 unspecified atom stereocenters. The molecule has 16 heteroatoms. The highest BCUT2D eigenvalue weighted by molar-refractivity contribution is 7.61. The number of rotatable bonds is 11. The Labute approximate surface area is 211 Å². The number of nitrogens with one attached hydrogen (secondary N) is 1. The quantitative estimate of drug-likeness (QED) is 0.337. The molecular weight excluding hydrogens is 534 g/mol. The van der Waals surface area contributed by atoms with Crippen molar-refractivity contribution in [1.29, 1.82) is 0 Å². The predicted molar refractivity (Wildman–Crippen MR) is 126 cm³/mol. The molecule has 0 aliphatic carbocycles. The summed E-state index contributed by atoms with van der Waals surface area (Å²) in [5.41, 5.74) is -0.437. The highest BCUT2D eigenvalue weighted by atomic mass is 31.3. The first-order valence-electron chi connectivity index (χ1n) is 11.4. The van der Waals surface area contributed by atoms with E-state index in [1.54, 1.807) is 13.8 Å². The zero-order chi connectivity index (χ0) is 26.8. The van der Waals surface area contributed by atoms with Crippen LogP contribution in [-0.2, 0) is 43.1 Å². The van der Waals surface area contributed by atoms with E-state index in [1.807, 2.05) is 30.3 Å². The molecule has 3 N–H and O–H groups in total. The van der Waals surface area contributed by atoms with E-state index in [-0.39, 0.29) is 12.5 Å². The van der Waals surface area contributed by atoms with Crippen molar-refractivity contribution >= 4 is 15.6 Å². The van der Waals surface area contributed by atoms with E-state index in [1.165, 1.54) is 6.20 Å². The summed E-state index contributed by atoms with van der Waals surface area (Å²) in [4.78, 5) is 45.7. The lowest BCUT2D eigenvalue weighted by Gasteiger charge is -2.22. The molecule has 4 rings (SSSR count). The molecule has 1 aromatic heterocycles. The van der Waals surface area contributed by atoms with Gasteiger partial charge in [0.15, 0.2) is 12.5 Å². The van der Waals surface area contributed by atoms with Gasteiger partial charge >= 0.3 is 21.3 Å². The number of aromatic amines is 1. The van der Waals surface area contributed by atoms with E-state index in [9.17, 15) is 28.5 Å². The summed E-state index contributed by atoms with van der Waals surface area (Å²) in [5.74, 6) is -0.136. The molecule has 3 heterocycles. The number of fused-ring (bicyclic) bond motifs is 1. The van der Waals surface area contributed by atoms with E-state index in [0.717, 1.165) is 16.2 Å². The van der Waals surface area contributed by atoms with Crippen molar-refractivity contribution < 1.29 is 46.5 Å². The fourth-order valence-electron chi connectivity index (χ4n) is 3.88. The van der Waals surface area contributed by atoms with E-state index < -0.39 is 64.3 Å². The fourth-order valence-corrected chi connectivity index (χ4v) is 6.12. The van der Waals surface area contributed by atoms with E-state index in [0.29, 0.717) is 6.42 Å². The molecule has 2 aliphatic rings. The largest absolute Gasteiger partial charge is 0.481 e. The maximum Gasteiger partial charge on any atom is 0.481 e. The molecule has 0 radical (unpaired) electrons. The SMILES string of the molecule is CC(C)COP(=O)(O)OP(=O)(O)OC[C@H]1O[C@@H](n2ccc(=O)[nH]c2=O)[C@H]2OC(Cc3ccccc3)OC12. The van der Waals surface area contributed by atoms with Crippen molar-refractivity contribution in [3.8, 4) is 0 Å². The van der Waals surface area contributed by atoms with E-state index in [4.69, 9.17) is 18.7 Å². The Kier molecular flexibility index (Phi) is 8.66. The molecule has 37 heavy (non-hydrogen) atoms. The molecule has 0 bridgehead atoms. The molecule has 0 spiro atoms. The molecule has 2 fully saturated rings. The van der Waals surface area contributed by atoms with Gasteiger partial charge in [-0.25, -0.2) is 13.9 Å². The van der Waals surface area contributed by atoms with Gasteiger partial charge < -0.3 is 24.0 Å². The second-order valence-electron chi connectivity index (χ2n) is 8.91. The van der Waals surface area contributed by atoms with Gasteiger partial charge in [0.25, 0.3) is 5.56 Å². The second kappa shape index (κ2) is 11.4. The fraction of sp³-hybridized carbons (Fsp3) is 0.524. The Morgan fingerprint density at radius 2 is 1.68 bits per heavy atom. The van der Waals surface area contributed by atoms with Crippen LogP contribution in [0.3, 0.4) is 0 Å². The molecule has 7 atom stereocenters. The summed E-state index contributed by atoms with van der Waals surface area (Å²) in [6, 6.07) is 10.5. The summed E-state index contributed by atoms with van der Waals surface area (Å²) in [7, 11) is -9.96. The molecule has 204 valence electrons. The van der Waals surface area contributed by atoms with Gasteiger partial charge in [-0.3, -0.25) is 23.4 Å². The summed E-state index contributed by atoms with van der Waals surface area (Å²) in [6.45, 7) is 2.62. The van der Waals surface area contributed by atoms with Crippen LogP contribution in [0.15, 0.2) is 52.2 Å². The minimum atomic E-state index is -5.07. The highest BCUT2D eigenvalue weighted by Crippen LogP contribution is 2.60. The lowest BCUT2D eigenvalue weighted by molar-refractivity contribution is -0.150. The Morgan fingerprint density at radius 1 is 1.00 bits per heavy atom. The van der Waals surface area contributed by atoms with Crippen LogP contribution in [0.1, 0.15) is 25.6 Å². The van der Waals surface area contributed by atoms with Crippen molar-refractivity contribution in [3.05, 3.63) is 69.0 Å². The normalized spacial score (nSPS) is 28.6. The maximum absolute atomic E-state index is 12.4. The van der Waals surface area contributed by atoms with Crippen LogP contribution in [0, 0.1) is 5.92 Å². The Bertz CT molecular complexity index is 1280. The number of hydrogen-bond acceptors (Lipinski definition) is 10. The highest BCUT2D eigenvalue weighted by Gasteiger charge is 2.54.